The highest BCUT2D eigenvalue weighted by molar-refractivity contribution is 5.72. The second kappa shape index (κ2) is 6.47. The summed E-state index contributed by atoms with van der Waals surface area (Å²) in [5.41, 5.74) is 0.827. The van der Waals surface area contributed by atoms with Crippen molar-refractivity contribution in [1.82, 2.24) is 14.8 Å². The van der Waals surface area contributed by atoms with Crippen molar-refractivity contribution in [2.24, 2.45) is 5.92 Å². The highest BCUT2D eigenvalue weighted by Gasteiger charge is 2.20. The van der Waals surface area contributed by atoms with E-state index in [4.69, 9.17) is 14.2 Å². The number of benzene rings is 1. The Labute approximate surface area is 124 Å². The van der Waals surface area contributed by atoms with E-state index in [-0.39, 0.29) is 0 Å². The van der Waals surface area contributed by atoms with Gasteiger partial charge in [0.05, 0.1) is 26.9 Å². The molecule has 0 atom stereocenters. The number of nitrogens with zero attached hydrogens (tertiary/aromatic N) is 3. The van der Waals surface area contributed by atoms with Crippen molar-refractivity contribution >= 4 is 0 Å². The van der Waals surface area contributed by atoms with Crippen LogP contribution in [0.5, 0.6) is 17.2 Å². The predicted octanol–water partition coefficient (Wildman–Crippen LogP) is 2.63. The Hall–Kier alpha value is -2.24. The second-order valence-electron chi connectivity index (χ2n) is 5.08. The highest BCUT2D eigenvalue weighted by Crippen LogP contribution is 2.43. The molecule has 6 heteroatoms. The monoisotopic (exact) mass is 291 g/mol. The molecule has 0 aliphatic rings. The third kappa shape index (κ3) is 2.94. The van der Waals surface area contributed by atoms with Gasteiger partial charge in [0.2, 0.25) is 5.75 Å². The molecule has 0 saturated heterocycles. The first-order chi connectivity index (χ1) is 10.1. The minimum Gasteiger partial charge on any atom is -0.493 e. The minimum atomic E-state index is 0.492. The van der Waals surface area contributed by atoms with Gasteiger partial charge >= 0.3 is 0 Å². The Kier molecular flexibility index (Phi) is 4.67. The lowest BCUT2D eigenvalue weighted by atomic mass is 10.1. The Balaban J connectivity index is 2.56. The topological polar surface area (TPSA) is 58.4 Å². The van der Waals surface area contributed by atoms with Gasteiger partial charge in [0.1, 0.15) is 6.33 Å². The predicted molar refractivity (Wildman–Crippen MR) is 80.0 cm³/mol. The van der Waals surface area contributed by atoms with Gasteiger partial charge in [-0.05, 0) is 18.1 Å². The molecular weight excluding hydrogens is 270 g/mol. The largest absolute Gasteiger partial charge is 0.493 e. The highest BCUT2D eigenvalue weighted by atomic mass is 16.5. The smallest absolute Gasteiger partial charge is 0.204 e. The summed E-state index contributed by atoms with van der Waals surface area (Å²) in [4.78, 5) is 0. The molecule has 2 rings (SSSR count). The SMILES string of the molecule is COc1ccc(-c2nncn2CC(C)C)c(OC)c1OC. The molecule has 0 fully saturated rings. The summed E-state index contributed by atoms with van der Waals surface area (Å²) in [7, 11) is 4.78. The second-order valence-corrected chi connectivity index (χ2v) is 5.08. The fourth-order valence-electron chi connectivity index (χ4n) is 2.27. The van der Waals surface area contributed by atoms with E-state index in [1.54, 1.807) is 27.7 Å². The summed E-state index contributed by atoms with van der Waals surface area (Å²) in [5, 5.41) is 8.23. The summed E-state index contributed by atoms with van der Waals surface area (Å²) in [6, 6.07) is 3.74. The molecule has 0 radical (unpaired) electrons. The van der Waals surface area contributed by atoms with E-state index < -0.39 is 0 Å². The van der Waals surface area contributed by atoms with Gasteiger partial charge in [0, 0.05) is 6.54 Å². The molecule has 0 aliphatic heterocycles. The Morgan fingerprint density at radius 1 is 1.05 bits per heavy atom. The lowest BCUT2D eigenvalue weighted by molar-refractivity contribution is 0.325. The van der Waals surface area contributed by atoms with E-state index in [9.17, 15) is 0 Å². The maximum Gasteiger partial charge on any atom is 0.204 e. The van der Waals surface area contributed by atoms with Crippen LogP contribution in [0.2, 0.25) is 0 Å². The zero-order chi connectivity index (χ0) is 15.4. The van der Waals surface area contributed by atoms with Crippen molar-refractivity contribution in [2.45, 2.75) is 20.4 Å². The Bertz CT molecular complexity index is 608. The maximum atomic E-state index is 5.51. The summed E-state index contributed by atoms with van der Waals surface area (Å²) >= 11 is 0. The van der Waals surface area contributed by atoms with Gasteiger partial charge in [-0.3, -0.25) is 0 Å². The van der Waals surface area contributed by atoms with Crippen molar-refractivity contribution in [3.63, 3.8) is 0 Å². The number of aromatic nitrogens is 3. The van der Waals surface area contributed by atoms with Crippen LogP contribution in [0.4, 0.5) is 0 Å². The average Bonchev–Trinajstić information content (AvgIpc) is 2.92. The molecular formula is C15H21N3O3. The van der Waals surface area contributed by atoms with Gasteiger partial charge in [-0.1, -0.05) is 13.8 Å². The van der Waals surface area contributed by atoms with Gasteiger partial charge in [-0.25, -0.2) is 0 Å². The number of methoxy groups -OCH3 is 3. The molecule has 0 saturated carbocycles. The van der Waals surface area contributed by atoms with Crippen LogP contribution in [0.25, 0.3) is 11.4 Å². The summed E-state index contributed by atoms with van der Waals surface area (Å²) in [6.45, 7) is 5.13. The van der Waals surface area contributed by atoms with Crippen LogP contribution in [0.1, 0.15) is 13.8 Å². The van der Waals surface area contributed by atoms with E-state index in [2.05, 4.69) is 24.0 Å². The summed E-state index contributed by atoms with van der Waals surface area (Å²) in [6.07, 6.45) is 1.73. The molecule has 0 spiro atoms. The first kappa shape index (κ1) is 15.2. The van der Waals surface area contributed by atoms with Crippen LogP contribution >= 0.6 is 0 Å². The van der Waals surface area contributed by atoms with Gasteiger partial charge in [-0.2, -0.15) is 0 Å². The van der Waals surface area contributed by atoms with E-state index in [1.807, 2.05) is 16.7 Å². The summed E-state index contributed by atoms with van der Waals surface area (Å²) in [5.74, 6) is 3.01. The van der Waals surface area contributed by atoms with Gasteiger partial charge in [0.15, 0.2) is 17.3 Å². The molecule has 0 bridgehead atoms. The van der Waals surface area contributed by atoms with Crippen LogP contribution in [0.3, 0.4) is 0 Å². The number of rotatable bonds is 6. The van der Waals surface area contributed by atoms with Crippen LogP contribution in [-0.4, -0.2) is 36.1 Å². The molecule has 0 N–H and O–H groups in total. The molecule has 1 heterocycles. The van der Waals surface area contributed by atoms with E-state index >= 15 is 0 Å². The summed E-state index contributed by atoms with van der Waals surface area (Å²) < 4.78 is 18.2. The molecule has 1 aromatic carbocycles. The van der Waals surface area contributed by atoms with Crippen molar-refractivity contribution < 1.29 is 14.2 Å². The lowest BCUT2D eigenvalue weighted by Crippen LogP contribution is -2.06. The number of hydrogen-bond donors (Lipinski definition) is 0. The first-order valence-electron chi connectivity index (χ1n) is 6.79. The fourth-order valence-corrected chi connectivity index (χ4v) is 2.27. The standard InChI is InChI=1S/C15H21N3O3/c1-10(2)8-18-9-16-17-15(18)11-6-7-12(19-3)14(21-5)13(11)20-4/h6-7,9-10H,8H2,1-5H3. The van der Waals surface area contributed by atoms with Crippen LogP contribution < -0.4 is 14.2 Å². The van der Waals surface area contributed by atoms with Gasteiger partial charge < -0.3 is 18.8 Å². The van der Waals surface area contributed by atoms with Crippen LogP contribution in [-0.2, 0) is 6.54 Å². The average molecular weight is 291 g/mol. The molecule has 2 aromatic rings. The quantitative estimate of drug-likeness (QED) is 0.819. The molecule has 114 valence electrons. The number of ether oxygens (including phenoxy) is 3. The number of hydrogen-bond acceptors (Lipinski definition) is 5. The zero-order valence-corrected chi connectivity index (χ0v) is 13.1. The Morgan fingerprint density at radius 3 is 2.33 bits per heavy atom. The van der Waals surface area contributed by atoms with E-state index in [0.29, 0.717) is 23.2 Å². The van der Waals surface area contributed by atoms with Crippen molar-refractivity contribution in [3.8, 4) is 28.6 Å². The molecule has 0 amide bonds. The van der Waals surface area contributed by atoms with Crippen LogP contribution in [0.15, 0.2) is 18.5 Å². The molecule has 21 heavy (non-hydrogen) atoms. The van der Waals surface area contributed by atoms with Crippen molar-refractivity contribution in [1.29, 1.82) is 0 Å². The molecule has 0 aliphatic carbocycles. The van der Waals surface area contributed by atoms with Crippen molar-refractivity contribution in [3.05, 3.63) is 18.5 Å². The van der Waals surface area contributed by atoms with Gasteiger partial charge in [-0.15, -0.1) is 10.2 Å². The third-order valence-electron chi connectivity index (χ3n) is 3.12. The zero-order valence-electron chi connectivity index (χ0n) is 13.1. The third-order valence-corrected chi connectivity index (χ3v) is 3.12. The first-order valence-corrected chi connectivity index (χ1v) is 6.79. The van der Waals surface area contributed by atoms with Crippen molar-refractivity contribution in [2.75, 3.05) is 21.3 Å². The van der Waals surface area contributed by atoms with E-state index in [1.165, 1.54) is 0 Å². The molecule has 6 nitrogen and oxygen atoms in total. The Morgan fingerprint density at radius 2 is 1.76 bits per heavy atom. The van der Waals surface area contributed by atoms with Crippen LogP contribution in [0, 0.1) is 5.92 Å². The minimum absolute atomic E-state index is 0.492. The fraction of sp³-hybridized carbons (Fsp3) is 0.467. The maximum absolute atomic E-state index is 5.51. The van der Waals surface area contributed by atoms with Gasteiger partial charge in [0.25, 0.3) is 0 Å². The van der Waals surface area contributed by atoms with E-state index in [0.717, 1.165) is 17.9 Å². The normalized spacial score (nSPS) is 10.8. The lowest BCUT2D eigenvalue weighted by Gasteiger charge is -2.16. The molecule has 0 unspecified atom stereocenters. The molecule has 1 aromatic heterocycles.